The van der Waals surface area contributed by atoms with Crippen molar-refractivity contribution in [3.63, 3.8) is 0 Å². The van der Waals surface area contributed by atoms with E-state index in [9.17, 15) is 33.9 Å². The molecule has 5 atom stereocenters. The number of amides is 5. The predicted octanol–water partition coefficient (Wildman–Crippen LogP) is -4.61. The van der Waals surface area contributed by atoms with Crippen molar-refractivity contribution in [3.8, 4) is 0 Å². The van der Waals surface area contributed by atoms with Crippen molar-refractivity contribution in [1.29, 1.82) is 0 Å². The van der Waals surface area contributed by atoms with E-state index in [0.717, 1.165) is 6.92 Å². The maximum Gasteiger partial charge on any atom is 0.328 e. The van der Waals surface area contributed by atoms with Gasteiger partial charge >= 0.3 is 5.97 Å². The number of nitrogens with two attached hydrogens (primary N) is 3. The highest BCUT2D eigenvalue weighted by atomic mass is 16.4. The molecule has 0 rings (SSSR count). The summed E-state index contributed by atoms with van der Waals surface area (Å²) in [5, 5.41) is 24.9. The molecule has 0 aromatic carbocycles. The molecule has 0 aliphatic carbocycles. The van der Waals surface area contributed by atoms with Gasteiger partial charge in [0.15, 0.2) is 6.04 Å². The summed E-state index contributed by atoms with van der Waals surface area (Å²) in [4.78, 5) is 70.2. The molecule has 170 valence electrons. The second-order valence-corrected chi connectivity index (χ2v) is 6.65. The molecule has 14 nitrogen and oxygen atoms in total. The Labute approximate surface area is 171 Å². The highest BCUT2D eigenvalue weighted by Gasteiger charge is 2.32. The van der Waals surface area contributed by atoms with Crippen molar-refractivity contribution in [2.75, 3.05) is 0 Å². The standard InChI is InChI=1S/C16H28N6O8/c1-6(17)13(26)20-8(3-4-10(18)24)14(27)21-9(5-11(19)25)15(28)22-12(7(2)23)16(29)30/h6-9,12,23H,3-5,17H2,1-2H3,(H2,18,24)(H2,19,25)(H,20,26)(H,21,27)(H,22,28)(H,29,30). The summed E-state index contributed by atoms with van der Waals surface area (Å²) >= 11 is 0. The first-order valence-electron chi connectivity index (χ1n) is 8.90. The van der Waals surface area contributed by atoms with Gasteiger partial charge in [0.1, 0.15) is 12.1 Å². The van der Waals surface area contributed by atoms with Crippen LogP contribution in [0.4, 0.5) is 0 Å². The second-order valence-electron chi connectivity index (χ2n) is 6.65. The molecule has 5 unspecified atom stereocenters. The molecular weight excluding hydrogens is 404 g/mol. The lowest BCUT2D eigenvalue weighted by molar-refractivity contribution is -0.145. The third kappa shape index (κ3) is 9.79. The van der Waals surface area contributed by atoms with Gasteiger partial charge in [0, 0.05) is 6.42 Å². The largest absolute Gasteiger partial charge is 0.480 e. The Kier molecular flexibility index (Phi) is 11.0. The number of rotatable bonds is 13. The minimum Gasteiger partial charge on any atom is -0.480 e. The SMILES string of the molecule is CC(N)C(=O)NC(CCC(N)=O)C(=O)NC(CC(N)=O)C(=O)NC(C(=O)O)C(C)O. The van der Waals surface area contributed by atoms with Gasteiger partial charge in [0.05, 0.1) is 18.6 Å². The van der Waals surface area contributed by atoms with Crippen molar-refractivity contribution >= 4 is 35.5 Å². The summed E-state index contributed by atoms with van der Waals surface area (Å²) in [7, 11) is 0. The monoisotopic (exact) mass is 432 g/mol. The number of carbonyl (C=O) groups excluding carboxylic acids is 5. The number of carbonyl (C=O) groups is 6. The Morgan fingerprint density at radius 1 is 0.833 bits per heavy atom. The lowest BCUT2D eigenvalue weighted by Gasteiger charge is -2.25. The summed E-state index contributed by atoms with van der Waals surface area (Å²) in [6.07, 6.45) is -2.69. The van der Waals surface area contributed by atoms with Gasteiger partial charge in [-0.05, 0) is 20.3 Å². The minimum atomic E-state index is -1.71. The van der Waals surface area contributed by atoms with Crippen LogP contribution in [0, 0.1) is 0 Å². The van der Waals surface area contributed by atoms with Crippen LogP contribution in [-0.4, -0.2) is 76.0 Å². The molecule has 0 radical (unpaired) electrons. The van der Waals surface area contributed by atoms with Gasteiger partial charge in [-0.3, -0.25) is 24.0 Å². The summed E-state index contributed by atoms with van der Waals surface area (Å²) in [6, 6.07) is -5.64. The Hall–Kier alpha value is -3.26. The van der Waals surface area contributed by atoms with Crippen LogP contribution < -0.4 is 33.2 Å². The zero-order chi connectivity index (χ0) is 23.6. The molecule has 0 fully saturated rings. The first-order chi connectivity index (χ1) is 13.8. The topological polar surface area (TPSA) is 257 Å². The van der Waals surface area contributed by atoms with Crippen molar-refractivity contribution in [3.05, 3.63) is 0 Å². The number of aliphatic hydroxyl groups is 1. The van der Waals surface area contributed by atoms with Gasteiger partial charge in [0.25, 0.3) is 0 Å². The fraction of sp³-hybridized carbons (Fsp3) is 0.625. The van der Waals surface area contributed by atoms with Crippen LogP contribution >= 0.6 is 0 Å². The smallest absolute Gasteiger partial charge is 0.328 e. The Balaban J connectivity index is 5.49. The third-order valence-corrected chi connectivity index (χ3v) is 3.81. The molecule has 0 saturated heterocycles. The molecule has 30 heavy (non-hydrogen) atoms. The molecule has 0 bridgehead atoms. The molecular formula is C16H28N6O8. The number of carboxylic acid groups (broad SMARTS) is 1. The fourth-order valence-corrected chi connectivity index (χ4v) is 2.18. The van der Waals surface area contributed by atoms with Gasteiger partial charge in [-0.1, -0.05) is 0 Å². The maximum atomic E-state index is 12.5. The van der Waals surface area contributed by atoms with E-state index in [0.29, 0.717) is 0 Å². The first kappa shape index (κ1) is 26.7. The number of nitrogens with one attached hydrogen (secondary N) is 3. The Morgan fingerprint density at radius 3 is 1.73 bits per heavy atom. The highest BCUT2D eigenvalue weighted by molar-refractivity contribution is 5.96. The average Bonchev–Trinajstić information content (AvgIpc) is 2.60. The third-order valence-electron chi connectivity index (χ3n) is 3.81. The second kappa shape index (κ2) is 12.3. The van der Waals surface area contributed by atoms with E-state index in [-0.39, 0.29) is 12.8 Å². The van der Waals surface area contributed by atoms with Crippen LogP contribution in [0.25, 0.3) is 0 Å². The molecule has 14 heteroatoms. The predicted molar refractivity (Wildman–Crippen MR) is 101 cm³/mol. The van der Waals surface area contributed by atoms with E-state index >= 15 is 0 Å². The van der Waals surface area contributed by atoms with Crippen LogP contribution in [-0.2, 0) is 28.8 Å². The number of carboxylic acids is 1. The average molecular weight is 432 g/mol. The summed E-state index contributed by atoms with van der Waals surface area (Å²) in [6.45, 7) is 2.47. The van der Waals surface area contributed by atoms with Crippen LogP contribution in [0.3, 0.4) is 0 Å². The number of primary amides is 2. The van der Waals surface area contributed by atoms with Crippen LogP contribution in [0.2, 0.25) is 0 Å². The number of hydrogen-bond acceptors (Lipinski definition) is 8. The van der Waals surface area contributed by atoms with Crippen molar-refractivity contribution in [2.45, 2.75) is 63.4 Å². The van der Waals surface area contributed by atoms with Gasteiger partial charge < -0.3 is 43.4 Å². The van der Waals surface area contributed by atoms with Gasteiger partial charge in [-0.25, -0.2) is 4.79 Å². The Morgan fingerprint density at radius 2 is 1.33 bits per heavy atom. The zero-order valence-corrected chi connectivity index (χ0v) is 16.6. The van der Waals surface area contributed by atoms with Gasteiger partial charge in [0.2, 0.25) is 29.5 Å². The molecule has 11 N–H and O–H groups in total. The lowest BCUT2D eigenvalue weighted by Crippen LogP contribution is -2.58. The van der Waals surface area contributed by atoms with Crippen LogP contribution in [0.5, 0.6) is 0 Å². The van der Waals surface area contributed by atoms with Crippen LogP contribution in [0.1, 0.15) is 33.1 Å². The zero-order valence-electron chi connectivity index (χ0n) is 16.6. The van der Waals surface area contributed by atoms with E-state index in [1.54, 1.807) is 0 Å². The van der Waals surface area contributed by atoms with E-state index in [1.165, 1.54) is 6.92 Å². The van der Waals surface area contributed by atoms with Crippen LogP contribution in [0.15, 0.2) is 0 Å². The molecule has 5 amide bonds. The quantitative estimate of drug-likeness (QED) is 0.139. The van der Waals surface area contributed by atoms with E-state index in [4.69, 9.17) is 22.3 Å². The van der Waals surface area contributed by atoms with Crippen molar-refractivity contribution < 1.29 is 39.0 Å². The normalized spacial score (nSPS) is 15.6. The number of aliphatic hydroxyl groups excluding tert-OH is 1. The number of aliphatic carboxylic acids is 1. The summed E-state index contributed by atoms with van der Waals surface area (Å²) < 4.78 is 0. The van der Waals surface area contributed by atoms with Crippen molar-refractivity contribution in [1.82, 2.24) is 16.0 Å². The molecule has 0 aliphatic heterocycles. The first-order valence-corrected chi connectivity index (χ1v) is 8.90. The fourth-order valence-electron chi connectivity index (χ4n) is 2.18. The molecule has 0 spiro atoms. The lowest BCUT2D eigenvalue weighted by atomic mass is 10.1. The highest BCUT2D eigenvalue weighted by Crippen LogP contribution is 2.03. The van der Waals surface area contributed by atoms with E-state index in [2.05, 4.69) is 10.6 Å². The van der Waals surface area contributed by atoms with E-state index < -0.39 is 72.2 Å². The maximum absolute atomic E-state index is 12.5. The molecule has 0 saturated carbocycles. The Bertz CT molecular complexity index is 681. The van der Waals surface area contributed by atoms with Gasteiger partial charge in [-0.15, -0.1) is 0 Å². The summed E-state index contributed by atoms with van der Waals surface area (Å²) in [5.74, 6) is -6.09. The summed E-state index contributed by atoms with van der Waals surface area (Å²) in [5.41, 5.74) is 15.5. The number of hydrogen-bond donors (Lipinski definition) is 8. The van der Waals surface area contributed by atoms with Crippen molar-refractivity contribution in [2.24, 2.45) is 17.2 Å². The molecule has 0 aromatic rings. The van der Waals surface area contributed by atoms with E-state index in [1.807, 2.05) is 5.32 Å². The molecule has 0 heterocycles. The molecule has 0 aromatic heterocycles. The molecule has 0 aliphatic rings. The minimum absolute atomic E-state index is 0.226. The van der Waals surface area contributed by atoms with Gasteiger partial charge in [-0.2, -0.15) is 0 Å².